The van der Waals surface area contributed by atoms with Crippen LogP contribution in [0.25, 0.3) is 0 Å². The van der Waals surface area contributed by atoms with Gasteiger partial charge in [0.15, 0.2) is 11.9 Å². The average molecular weight is 646 g/mol. The predicted octanol–water partition coefficient (Wildman–Crippen LogP) is 5.57. The molecule has 0 radical (unpaired) electrons. The molecule has 2 aliphatic heterocycles. The lowest BCUT2D eigenvalue weighted by Crippen LogP contribution is -2.40. The smallest absolute Gasteiger partial charge is 0.306 e. The zero-order chi connectivity index (χ0) is 30.2. The summed E-state index contributed by atoms with van der Waals surface area (Å²) in [5.41, 5.74) is 0.984. The Balaban J connectivity index is 1.19. The molecule has 0 N–H and O–H groups in total. The number of thiazole rings is 1. The molecule has 1 amide bonds. The molecule has 1 saturated heterocycles. The van der Waals surface area contributed by atoms with Gasteiger partial charge in [0.2, 0.25) is 5.91 Å². The van der Waals surface area contributed by atoms with Gasteiger partial charge in [-0.15, -0.1) is 11.3 Å². The second kappa shape index (κ2) is 12.2. The van der Waals surface area contributed by atoms with Crippen LogP contribution in [0.15, 0.2) is 34.8 Å². The highest BCUT2D eigenvalue weighted by Crippen LogP contribution is 2.40. The van der Waals surface area contributed by atoms with Gasteiger partial charge in [0, 0.05) is 30.8 Å². The molecular formula is C26H27ClF3N5O5S2. The Kier molecular flexibility index (Phi) is 8.81. The van der Waals surface area contributed by atoms with Crippen LogP contribution < -0.4 is 4.18 Å². The molecule has 4 heterocycles. The van der Waals surface area contributed by atoms with Crippen LogP contribution in [0, 0.1) is 0 Å². The first kappa shape index (κ1) is 30.3. The van der Waals surface area contributed by atoms with Gasteiger partial charge in [-0.1, -0.05) is 22.8 Å². The average Bonchev–Trinajstić information content (AvgIpc) is 3.68. The summed E-state index contributed by atoms with van der Waals surface area (Å²) in [6.07, 6.45) is -2.51. The zero-order valence-corrected chi connectivity index (χ0v) is 24.9. The summed E-state index contributed by atoms with van der Waals surface area (Å²) in [5.74, 6) is -0.146. The molecule has 16 heteroatoms. The van der Waals surface area contributed by atoms with E-state index in [1.165, 1.54) is 24.3 Å². The number of hydrogen-bond donors (Lipinski definition) is 0. The molecular weight excluding hydrogens is 619 g/mol. The maximum atomic E-state index is 13.9. The van der Waals surface area contributed by atoms with E-state index in [9.17, 15) is 26.4 Å². The summed E-state index contributed by atoms with van der Waals surface area (Å²) in [7, 11) is -3.79. The van der Waals surface area contributed by atoms with Crippen molar-refractivity contribution >= 4 is 44.7 Å². The zero-order valence-electron chi connectivity index (χ0n) is 22.5. The molecule has 2 aliphatic rings. The number of carbonyl (C=O) groups excluding carboxylic acids is 1. The van der Waals surface area contributed by atoms with Crippen LogP contribution in [0.5, 0.6) is 5.75 Å². The molecule has 0 aliphatic carbocycles. The van der Waals surface area contributed by atoms with Crippen LogP contribution in [0.2, 0.25) is 5.02 Å². The summed E-state index contributed by atoms with van der Waals surface area (Å²) in [4.78, 5) is 24.9. The molecule has 1 fully saturated rings. The number of carbonyl (C=O) groups is 1. The monoisotopic (exact) mass is 645 g/mol. The van der Waals surface area contributed by atoms with Crippen molar-refractivity contribution in [3.63, 3.8) is 0 Å². The van der Waals surface area contributed by atoms with E-state index in [1.54, 1.807) is 17.0 Å². The molecule has 0 bridgehead atoms. The summed E-state index contributed by atoms with van der Waals surface area (Å²) < 4.78 is 69.6. The number of rotatable bonds is 9. The second-order valence-corrected chi connectivity index (χ2v) is 12.9. The fourth-order valence-corrected chi connectivity index (χ4v) is 6.73. The third-order valence-electron chi connectivity index (χ3n) is 7.01. The van der Waals surface area contributed by atoms with E-state index in [-0.39, 0.29) is 34.8 Å². The Hall–Kier alpha value is -3.17. The van der Waals surface area contributed by atoms with E-state index in [0.717, 1.165) is 22.0 Å². The number of aromatic nitrogens is 3. The Bertz CT molecular complexity index is 1600. The van der Waals surface area contributed by atoms with Crippen LogP contribution in [0.1, 0.15) is 78.5 Å². The quantitative estimate of drug-likeness (QED) is 0.279. The first-order valence-corrected chi connectivity index (χ1v) is 16.1. The molecule has 1 aromatic carbocycles. The fraction of sp³-hybridized carbons (Fsp3) is 0.462. The van der Waals surface area contributed by atoms with E-state index in [4.69, 9.17) is 25.6 Å². The predicted molar refractivity (Wildman–Crippen MR) is 149 cm³/mol. The Morgan fingerprint density at radius 1 is 1.26 bits per heavy atom. The number of benzene rings is 1. The molecule has 2 unspecified atom stereocenters. The van der Waals surface area contributed by atoms with Crippen molar-refractivity contribution in [2.24, 2.45) is 5.16 Å². The lowest BCUT2D eigenvalue weighted by Gasteiger charge is -2.31. The topological polar surface area (TPSA) is 116 Å². The molecule has 3 aromatic rings. The number of oxime groups is 1. The maximum absolute atomic E-state index is 13.9. The first-order valence-electron chi connectivity index (χ1n) is 13.0. The molecule has 2 atom stereocenters. The van der Waals surface area contributed by atoms with Gasteiger partial charge in [-0.05, 0) is 38.0 Å². The van der Waals surface area contributed by atoms with Crippen molar-refractivity contribution in [3.8, 4) is 5.75 Å². The molecule has 226 valence electrons. The van der Waals surface area contributed by atoms with Crippen molar-refractivity contribution in [2.75, 3.05) is 19.3 Å². The fourth-order valence-electron chi connectivity index (χ4n) is 4.97. The normalized spacial score (nSPS) is 18.7. The molecule has 5 rings (SSSR count). The largest absolute Gasteiger partial charge is 0.387 e. The van der Waals surface area contributed by atoms with E-state index in [0.29, 0.717) is 49.3 Å². The van der Waals surface area contributed by atoms with Crippen LogP contribution in [0.4, 0.5) is 13.2 Å². The minimum absolute atomic E-state index is 0.0569. The number of nitrogens with zero attached hydrogens (tertiary/aromatic N) is 5. The summed E-state index contributed by atoms with van der Waals surface area (Å²) >= 11 is 7.82. The van der Waals surface area contributed by atoms with Crippen molar-refractivity contribution < 1.29 is 35.4 Å². The molecule has 0 spiro atoms. The second-order valence-electron chi connectivity index (χ2n) is 10.1. The number of amides is 1. The summed E-state index contributed by atoms with van der Waals surface area (Å²) in [6, 6.07) is 5.68. The van der Waals surface area contributed by atoms with Gasteiger partial charge < -0.3 is 13.9 Å². The Morgan fingerprint density at radius 3 is 2.67 bits per heavy atom. The summed E-state index contributed by atoms with van der Waals surface area (Å²) in [6.45, 7) is 1.77. The highest BCUT2D eigenvalue weighted by molar-refractivity contribution is 7.86. The third-order valence-corrected chi connectivity index (χ3v) is 8.82. The van der Waals surface area contributed by atoms with Crippen molar-refractivity contribution in [1.82, 2.24) is 19.7 Å². The van der Waals surface area contributed by atoms with E-state index >= 15 is 0 Å². The minimum Gasteiger partial charge on any atom is -0.387 e. The van der Waals surface area contributed by atoms with Crippen LogP contribution >= 0.6 is 22.9 Å². The number of halogens is 4. The lowest BCUT2D eigenvalue weighted by atomic mass is 9.97. The maximum Gasteiger partial charge on any atom is 0.306 e. The third kappa shape index (κ3) is 6.73. The van der Waals surface area contributed by atoms with Crippen LogP contribution in [-0.4, -0.2) is 59.0 Å². The standard InChI is InChI=1S/C26H27ClF3N5O5S2/c1-14(28)20-10-18(25(29)30)32-35(20)12-23(36)34-8-6-15(7-9-34)26-31-19(13-41-26)17-11-22(39-33-17)24-16(27)4-3-5-21(24)40-42(2,37)38/h3-5,10,13-15,22,25H,6-9,11-12H2,1-2H3. The van der Waals surface area contributed by atoms with Crippen LogP contribution in [0.3, 0.4) is 0 Å². The molecule has 0 saturated carbocycles. The lowest BCUT2D eigenvalue weighted by molar-refractivity contribution is -0.133. The Morgan fingerprint density at radius 2 is 2.00 bits per heavy atom. The van der Waals surface area contributed by atoms with Gasteiger partial charge in [0.25, 0.3) is 6.43 Å². The number of piperidine rings is 1. The van der Waals surface area contributed by atoms with Crippen molar-refractivity contribution in [1.29, 1.82) is 0 Å². The van der Waals surface area contributed by atoms with Gasteiger partial charge >= 0.3 is 10.1 Å². The van der Waals surface area contributed by atoms with Gasteiger partial charge in [0.1, 0.15) is 24.1 Å². The number of alkyl halides is 3. The SMILES string of the molecule is CC(F)c1cc(C(F)F)nn1CC(=O)N1CCC(c2nc(C3=NOC(c4c(Cl)cccc4OS(C)(=O)=O)C3)cs2)CC1. The van der Waals surface area contributed by atoms with Gasteiger partial charge in [-0.2, -0.15) is 13.5 Å². The first-order chi connectivity index (χ1) is 19.9. The highest BCUT2D eigenvalue weighted by atomic mass is 35.5. The van der Waals surface area contributed by atoms with E-state index < -0.39 is 34.5 Å². The highest BCUT2D eigenvalue weighted by Gasteiger charge is 2.32. The Labute approximate surface area is 249 Å². The van der Waals surface area contributed by atoms with Gasteiger partial charge in [0.05, 0.1) is 33.2 Å². The number of likely N-dealkylation sites (tertiary alicyclic amines) is 1. The van der Waals surface area contributed by atoms with Crippen molar-refractivity contribution in [2.45, 2.75) is 57.3 Å². The summed E-state index contributed by atoms with van der Waals surface area (Å²) in [5, 5.41) is 10.9. The van der Waals surface area contributed by atoms with Gasteiger partial charge in [-0.3, -0.25) is 9.48 Å². The van der Waals surface area contributed by atoms with Gasteiger partial charge in [-0.25, -0.2) is 18.2 Å². The van der Waals surface area contributed by atoms with E-state index in [1.807, 2.05) is 5.38 Å². The molecule has 2 aromatic heterocycles. The molecule has 42 heavy (non-hydrogen) atoms. The minimum atomic E-state index is -3.79. The van der Waals surface area contributed by atoms with Crippen molar-refractivity contribution in [3.05, 3.63) is 62.3 Å². The molecule has 10 nitrogen and oxygen atoms in total. The van der Waals surface area contributed by atoms with Crippen LogP contribution in [-0.2, 0) is 26.3 Å². The number of hydrogen-bond acceptors (Lipinski definition) is 9. The van der Waals surface area contributed by atoms with E-state index in [2.05, 4.69) is 10.3 Å².